The lowest BCUT2D eigenvalue weighted by Crippen LogP contribution is -2.41. The van der Waals surface area contributed by atoms with Crippen molar-refractivity contribution in [3.05, 3.63) is 11.9 Å². The van der Waals surface area contributed by atoms with Gasteiger partial charge in [0.1, 0.15) is 0 Å². The zero-order valence-electron chi connectivity index (χ0n) is 13.0. The average molecular weight is 280 g/mol. The fourth-order valence-electron chi connectivity index (χ4n) is 3.69. The minimum Gasteiger partial charge on any atom is -0.493 e. The van der Waals surface area contributed by atoms with Gasteiger partial charge < -0.3 is 4.74 Å². The molecule has 1 saturated carbocycles. The van der Waals surface area contributed by atoms with Crippen LogP contribution in [-0.4, -0.2) is 16.9 Å². The molecule has 1 aromatic heterocycles. The first kappa shape index (κ1) is 15.3. The molecule has 5 heteroatoms. The Kier molecular flexibility index (Phi) is 5.05. The van der Waals surface area contributed by atoms with Crippen molar-refractivity contribution in [2.24, 2.45) is 11.3 Å². The highest BCUT2D eigenvalue weighted by molar-refractivity contribution is 5.30. The maximum absolute atomic E-state index is 5.95. The van der Waals surface area contributed by atoms with Gasteiger partial charge in [-0.15, -0.1) is 0 Å². The fraction of sp³-hybridized carbons (Fsp3) is 0.800. The highest BCUT2D eigenvalue weighted by atomic mass is 16.5. The van der Waals surface area contributed by atoms with E-state index in [1.807, 2.05) is 6.20 Å². The molecule has 0 saturated heterocycles. The maximum atomic E-state index is 5.95. The molecule has 1 aliphatic carbocycles. The molecule has 3 N–H and O–H groups in total. The number of rotatable bonds is 7. The van der Waals surface area contributed by atoms with Crippen molar-refractivity contribution in [1.82, 2.24) is 15.2 Å². The molecule has 0 radical (unpaired) electrons. The molecule has 5 nitrogen and oxygen atoms in total. The van der Waals surface area contributed by atoms with Gasteiger partial charge in [-0.25, -0.2) is 0 Å². The van der Waals surface area contributed by atoms with E-state index in [0.717, 1.165) is 30.8 Å². The number of ether oxygens (including phenoxy) is 1. The van der Waals surface area contributed by atoms with Gasteiger partial charge in [0.2, 0.25) is 0 Å². The first-order valence-electron chi connectivity index (χ1n) is 7.78. The molecule has 0 bridgehead atoms. The molecule has 0 aliphatic heterocycles. The van der Waals surface area contributed by atoms with Gasteiger partial charge in [0.05, 0.1) is 25.0 Å². The summed E-state index contributed by atoms with van der Waals surface area (Å²) in [6.07, 6.45) is 9.01. The standard InChI is InChI=1S/C15H28N4O/c1-4-10-19-13(12(20-3)11-17-19)14(18-16)15(5-2)8-6-7-9-15/h11,14,18H,4-10,16H2,1-3H3. The van der Waals surface area contributed by atoms with Crippen LogP contribution >= 0.6 is 0 Å². The van der Waals surface area contributed by atoms with E-state index in [1.54, 1.807) is 7.11 Å². The number of hydrazine groups is 1. The van der Waals surface area contributed by atoms with Crippen LogP contribution in [0.3, 0.4) is 0 Å². The minimum atomic E-state index is 0.110. The Hall–Kier alpha value is -1.07. The molecule has 0 amide bonds. The molecule has 2 rings (SSSR count). The van der Waals surface area contributed by atoms with Gasteiger partial charge in [-0.05, 0) is 31.1 Å². The zero-order chi connectivity index (χ0) is 14.6. The third-order valence-corrected chi connectivity index (χ3v) is 4.86. The SMILES string of the molecule is CCCn1ncc(OC)c1C(NN)C1(CC)CCCC1. The topological polar surface area (TPSA) is 65.1 Å². The molecule has 0 aromatic carbocycles. The lowest BCUT2D eigenvalue weighted by molar-refractivity contribution is 0.175. The van der Waals surface area contributed by atoms with Crippen molar-refractivity contribution < 1.29 is 4.74 Å². The lowest BCUT2D eigenvalue weighted by atomic mass is 9.75. The van der Waals surface area contributed by atoms with Crippen LogP contribution in [-0.2, 0) is 6.54 Å². The number of nitrogens with two attached hydrogens (primary N) is 1. The van der Waals surface area contributed by atoms with E-state index < -0.39 is 0 Å². The average Bonchev–Trinajstić information content (AvgIpc) is 3.09. The van der Waals surface area contributed by atoms with Crippen LogP contribution in [0.5, 0.6) is 5.75 Å². The molecule has 1 heterocycles. The number of methoxy groups -OCH3 is 1. The second-order valence-electron chi connectivity index (χ2n) is 5.84. The predicted molar refractivity (Wildman–Crippen MR) is 80.3 cm³/mol. The van der Waals surface area contributed by atoms with E-state index in [0.29, 0.717) is 0 Å². The summed E-state index contributed by atoms with van der Waals surface area (Å²) >= 11 is 0. The molecule has 1 fully saturated rings. The van der Waals surface area contributed by atoms with Crippen LogP contribution < -0.4 is 16.0 Å². The van der Waals surface area contributed by atoms with Crippen molar-refractivity contribution in [2.75, 3.05) is 7.11 Å². The fourth-order valence-corrected chi connectivity index (χ4v) is 3.69. The molecule has 1 atom stereocenters. The number of hydrogen-bond acceptors (Lipinski definition) is 4. The van der Waals surface area contributed by atoms with Gasteiger partial charge in [0, 0.05) is 6.54 Å². The van der Waals surface area contributed by atoms with Gasteiger partial charge in [-0.3, -0.25) is 16.0 Å². The first-order valence-corrected chi connectivity index (χ1v) is 7.78. The Labute approximate surface area is 121 Å². The third-order valence-electron chi connectivity index (χ3n) is 4.86. The summed E-state index contributed by atoms with van der Waals surface area (Å²) in [5.41, 5.74) is 4.41. The summed E-state index contributed by atoms with van der Waals surface area (Å²) in [6, 6.07) is 0.110. The van der Waals surface area contributed by atoms with Gasteiger partial charge >= 0.3 is 0 Å². The molecule has 1 unspecified atom stereocenters. The Morgan fingerprint density at radius 2 is 2.15 bits per heavy atom. The van der Waals surface area contributed by atoms with Crippen molar-refractivity contribution in [3.8, 4) is 5.75 Å². The third kappa shape index (κ3) is 2.56. The Morgan fingerprint density at radius 1 is 1.45 bits per heavy atom. The lowest BCUT2D eigenvalue weighted by Gasteiger charge is -2.37. The summed E-state index contributed by atoms with van der Waals surface area (Å²) in [5.74, 6) is 6.79. The molecular formula is C15H28N4O. The predicted octanol–water partition coefficient (Wildman–Crippen LogP) is 2.78. The van der Waals surface area contributed by atoms with Gasteiger partial charge in [0.25, 0.3) is 0 Å². The summed E-state index contributed by atoms with van der Waals surface area (Å²) in [5, 5.41) is 4.48. The maximum Gasteiger partial charge on any atom is 0.161 e. The smallest absolute Gasteiger partial charge is 0.161 e. The van der Waals surface area contributed by atoms with Crippen LogP contribution in [0.2, 0.25) is 0 Å². The van der Waals surface area contributed by atoms with Crippen molar-refractivity contribution in [3.63, 3.8) is 0 Å². The second kappa shape index (κ2) is 6.59. The van der Waals surface area contributed by atoms with Gasteiger partial charge in [0.15, 0.2) is 5.75 Å². The Balaban J connectivity index is 2.42. The van der Waals surface area contributed by atoms with Crippen molar-refractivity contribution in [1.29, 1.82) is 0 Å². The Morgan fingerprint density at radius 3 is 2.65 bits per heavy atom. The molecular weight excluding hydrogens is 252 g/mol. The van der Waals surface area contributed by atoms with Crippen LogP contribution in [0.1, 0.15) is 64.1 Å². The summed E-state index contributed by atoms with van der Waals surface area (Å²) in [6.45, 7) is 5.33. The van der Waals surface area contributed by atoms with E-state index in [-0.39, 0.29) is 11.5 Å². The number of nitrogens with zero attached hydrogens (tertiary/aromatic N) is 2. The largest absolute Gasteiger partial charge is 0.493 e. The summed E-state index contributed by atoms with van der Waals surface area (Å²) in [4.78, 5) is 0. The zero-order valence-corrected chi connectivity index (χ0v) is 13.0. The quantitative estimate of drug-likeness (QED) is 0.595. The number of aryl methyl sites for hydroxylation is 1. The van der Waals surface area contributed by atoms with E-state index in [4.69, 9.17) is 10.6 Å². The number of nitrogens with one attached hydrogen (secondary N) is 1. The monoisotopic (exact) mass is 280 g/mol. The summed E-state index contributed by atoms with van der Waals surface area (Å²) < 4.78 is 7.58. The molecule has 1 aliphatic rings. The minimum absolute atomic E-state index is 0.110. The molecule has 20 heavy (non-hydrogen) atoms. The Bertz CT molecular complexity index is 424. The van der Waals surface area contributed by atoms with Crippen LogP contribution in [0.25, 0.3) is 0 Å². The van der Waals surface area contributed by atoms with E-state index >= 15 is 0 Å². The highest BCUT2D eigenvalue weighted by Gasteiger charge is 2.42. The van der Waals surface area contributed by atoms with Crippen LogP contribution in [0.15, 0.2) is 6.20 Å². The number of aromatic nitrogens is 2. The van der Waals surface area contributed by atoms with Crippen LogP contribution in [0, 0.1) is 5.41 Å². The molecule has 114 valence electrons. The van der Waals surface area contributed by atoms with Crippen molar-refractivity contribution >= 4 is 0 Å². The van der Waals surface area contributed by atoms with E-state index in [2.05, 4.69) is 29.1 Å². The highest BCUT2D eigenvalue weighted by Crippen LogP contribution is 2.51. The summed E-state index contributed by atoms with van der Waals surface area (Å²) in [7, 11) is 1.71. The normalized spacial score (nSPS) is 19.2. The van der Waals surface area contributed by atoms with E-state index in [9.17, 15) is 0 Å². The van der Waals surface area contributed by atoms with Gasteiger partial charge in [-0.1, -0.05) is 26.7 Å². The van der Waals surface area contributed by atoms with Crippen molar-refractivity contribution in [2.45, 2.75) is 65.0 Å². The molecule has 0 spiro atoms. The van der Waals surface area contributed by atoms with Gasteiger partial charge in [-0.2, -0.15) is 5.10 Å². The van der Waals surface area contributed by atoms with Crippen LogP contribution in [0.4, 0.5) is 0 Å². The van der Waals surface area contributed by atoms with E-state index in [1.165, 1.54) is 25.7 Å². The molecule has 1 aromatic rings. The number of hydrogen-bond donors (Lipinski definition) is 2. The second-order valence-corrected chi connectivity index (χ2v) is 5.84. The first-order chi connectivity index (χ1) is 9.72.